The molecule has 0 bridgehead atoms. The molecule has 0 saturated heterocycles. The van der Waals surface area contributed by atoms with E-state index in [1.54, 1.807) is 24.3 Å². The highest BCUT2D eigenvalue weighted by atomic mass is 16.7. The molecule has 7 nitrogen and oxygen atoms in total. The summed E-state index contributed by atoms with van der Waals surface area (Å²) in [4.78, 5) is 29.1. The monoisotopic (exact) mass is 427 g/mol. The molecule has 160 valence electrons. The van der Waals surface area contributed by atoms with Crippen molar-refractivity contribution in [1.29, 1.82) is 0 Å². The van der Waals surface area contributed by atoms with Crippen molar-refractivity contribution < 1.29 is 19.1 Å². The van der Waals surface area contributed by atoms with Crippen molar-refractivity contribution in [1.82, 2.24) is 0 Å². The molecule has 1 spiro atoms. The Hall–Kier alpha value is -4.00. The Morgan fingerprint density at radius 2 is 1.75 bits per heavy atom. The van der Waals surface area contributed by atoms with Gasteiger partial charge in [-0.15, -0.1) is 0 Å². The van der Waals surface area contributed by atoms with Crippen LogP contribution < -0.4 is 25.0 Å². The van der Waals surface area contributed by atoms with Gasteiger partial charge < -0.3 is 20.1 Å². The molecule has 0 unspecified atom stereocenters. The summed E-state index contributed by atoms with van der Waals surface area (Å²) in [7, 11) is 0. The van der Waals surface area contributed by atoms with E-state index in [4.69, 9.17) is 9.47 Å². The van der Waals surface area contributed by atoms with E-state index in [9.17, 15) is 9.59 Å². The maximum absolute atomic E-state index is 13.9. The third-order valence-corrected chi connectivity index (χ3v) is 6.30. The zero-order valence-corrected chi connectivity index (χ0v) is 17.6. The van der Waals surface area contributed by atoms with Crippen LogP contribution in [-0.2, 0) is 10.5 Å². The van der Waals surface area contributed by atoms with Gasteiger partial charge in [0.1, 0.15) is 0 Å². The smallest absolute Gasteiger partial charge is 0.276 e. The third-order valence-electron chi connectivity index (χ3n) is 6.30. The number of benzene rings is 3. The zero-order chi connectivity index (χ0) is 22.0. The first-order valence-electron chi connectivity index (χ1n) is 10.6. The van der Waals surface area contributed by atoms with E-state index >= 15 is 0 Å². The topological polar surface area (TPSA) is 79.9 Å². The van der Waals surface area contributed by atoms with Gasteiger partial charge in [-0.2, -0.15) is 0 Å². The summed E-state index contributed by atoms with van der Waals surface area (Å²) in [5, 5.41) is 6.39. The van der Waals surface area contributed by atoms with Gasteiger partial charge in [0.2, 0.25) is 12.5 Å². The summed E-state index contributed by atoms with van der Waals surface area (Å²) >= 11 is 0. The van der Waals surface area contributed by atoms with Gasteiger partial charge in [0.05, 0.1) is 11.3 Å². The van der Waals surface area contributed by atoms with Crippen molar-refractivity contribution in [2.45, 2.75) is 25.4 Å². The molecule has 2 amide bonds. The van der Waals surface area contributed by atoms with E-state index < -0.39 is 5.66 Å². The first-order valence-corrected chi connectivity index (χ1v) is 10.6. The fourth-order valence-electron chi connectivity index (χ4n) is 4.65. The van der Waals surface area contributed by atoms with Crippen LogP contribution in [0.15, 0.2) is 60.7 Å². The number of hydrogen-bond acceptors (Lipinski definition) is 5. The van der Waals surface area contributed by atoms with Gasteiger partial charge in [-0.05, 0) is 47.9 Å². The van der Waals surface area contributed by atoms with Gasteiger partial charge >= 0.3 is 0 Å². The number of carbonyl (C=O) groups is 2. The van der Waals surface area contributed by atoms with Crippen molar-refractivity contribution in [3.8, 4) is 11.5 Å². The van der Waals surface area contributed by atoms with Gasteiger partial charge in [0.25, 0.3) is 11.8 Å². The maximum atomic E-state index is 13.9. The second-order valence-corrected chi connectivity index (χ2v) is 8.47. The summed E-state index contributed by atoms with van der Waals surface area (Å²) in [5.41, 5.74) is 2.71. The van der Waals surface area contributed by atoms with Crippen LogP contribution in [0.1, 0.15) is 41.3 Å². The van der Waals surface area contributed by atoms with Crippen LogP contribution in [0.3, 0.4) is 0 Å². The Morgan fingerprint density at radius 3 is 2.59 bits per heavy atom. The van der Waals surface area contributed by atoms with Crippen molar-refractivity contribution >= 4 is 28.9 Å². The molecule has 0 saturated carbocycles. The molecule has 3 aromatic rings. The molecule has 3 aliphatic rings. The van der Waals surface area contributed by atoms with Crippen LogP contribution in [0.25, 0.3) is 0 Å². The normalized spacial score (nSPS) is 20.3. The van der Waals surface area contributed by atoms with Crippen molar-refractivity contribution in [3.63, 3.8) is 0 Å². The van der Waals surface area contributed by atoms with Gasteiger partial charge in [0, 0.05) is 23.0 Å². The lowest BCUT2D eigenvalue weighted by atomic mass is 9.89. The molecule has 0 aliphatic carbocycles. The van der Waals surface area contributed by atoms with Crippen LogP contribution in [0.4, 0.5) is 17.1 Å². The van der Waals surface area contributed by atoms with Gasteiger partial charge in [-0.3, -0.25) is 14.5 Å². The summed E-state index contributed by atoms with van der Waals surface area (Å²) in [6, 6.07) is 18.4. The van der Waals surface area contributed by atoms with Crippen LogP contribution in [-0.4, -0.2) is 18.6 Å². The van der Waals surface area contributed by atoms with Crippen molar-refractivity contribution in [3.05, 3.63) is 77.4 Å². The van der Waals surface area contributed by atoms with Crippen LogP contribution in [0.5, 0.6) is 11.5 Å². The highest BCUT2D eigenvalue weighted by Gasteiger charge is 2.57. The van der Waals surface area contributed by atoms with Crippen molar-refractivity contribution in [2.24, 2.45) is 0 Å². The SMILES string of the molecule is CC(C)c1ccc2c(c1)[C@@]1(Nc3ccccc3C(=O)N1c1ccc3c(c1)OCO3)C(=O)N2. The molecular formula is C25H21N3O4. The molecule has 0 aromatic heterocycles. The molecule has 7 heteroatoms. The number of ether oxygens (including phenoxy) is 2. The molecule has 3 aliphatic heterocycles. The molecule has 1 atom stereocenters. The first kappa shape index (κ1) is 18.7. The minimum Gasteiger partial charge on any atom is -0.454 e. The number of para-hydroxylation sites is 1. The Morgan fingerprint density at radius 1 is 0.938 bits per heavy atom. The van der Waals surface area contributed by atoms with Gasteiger partial charge in [-0.25, -0.2) is 0 Å². The zero-order valence-electron chi connectivity index (χ0n) is 17.6. The highest BCUT2D eigenvalue weighted by molar-refractivity contribution is 6.22. The third kappa shape index (κ3) is 2.42. The van der Waals surface area contributed by atoms with E-state index in [-0.39, 0.29) is 24.5 Å². The minimum atomic E-state index is -1.43. The number of rotatable bonds is 2. The van der Waals surface area contributed by atoms with E-state index in [0.29, 0.717) is 39.7 Å². The predicted molar refractivity (Wildman–Crippen MR) is 120 cm³/mol. The predicted octanol–water partition coefficient (Wildman–Crippen LogP) is 4.42. The molecule has 3 heterocycles. The molecule has 3 aromatic carbocycles. The van der Waals surface area contributed by atoms with Crippen LogP contribution in [0, 0.1) is 0 Å². The number of fused-ring (bicyclic) bond motifs is 4. The average Bonchev–Trinajstić information content (AvgIpc) is 3.36. The van der Waals surface area contributed by atoms with E-state index in [0.717, 1.165) is 5.56 Å². The molecule has 0 radical (unpaired) electrons. The molecule has 32 heavy (non-hydrogen) atoms. The lowest BCUT2D eigenvalue weighted by Gasteiger charge is -2.44. The number of anilines is 3. The molecular weight excluding hydrogens is 406 g/mol. The Kier molecular flexibility index (Phi) is 3.81. The summed E-state index contributed by atoms with van der Waals surface area (Å²) in [6.07, 6.45) is 0. The largest absolute Gasteiger partial charge is 0.454 e. The minimum absolute atomic E-state index is 0.125. The summed E-state index contributed by atoms with van der Waals surface area (Å²) in [6.45, 7) is 4.33. The van der Waals surface area contributed by atoms with Crippen molar-refractivity contribution in [2.75, 3.05) is 22.3 Å². The average molecular weight is 427 g/mol. The van der Waals surface area contributed by atoms with Crippen LogP contribution in [0.2, 0.25) is 0 Å². The molecule has 0 fully saturated rings. The maximum Gasteiger partial charge on any atom is 0.276 e. The lowest BCUT2D eigenvalue weighted by Crippen LogP contribution is -2.61. The number of amides is 2. The van der Waals surface area contributed by atoms with E-state index in [1.165, 1.54) is 4.90 Å². The van der Waals surface area contributed by atoms with E-state index in [1.807, 2.05) is 36.4 Å². The summed E-state index contributed by atoms with van der Waals surface area (Å²) < 4.78 is 11.0. The fraction of sp³-hybridized carbons (Fsp3) is 0.200. The van der Waals surface area contributed by atoms with Gasteiger partial charge in [0.15, 0.2) is 11.5 Å². The number of nitrogens with zero attached hydrogens (tertiary/aromatic N) is 1. The number of nitrogens with one attached hydrogen (secondary N) is 2. The highest BCUT2D eigenvalue weighted by Crippen LogP contribution is 2.49. The molecule has 2 N–H and O–H groups in total. The Balaban J connectivity index is 1.62. The second-order valence-electron chi connectivity index (χ2n) is 8.47. The standard InChI is InChI=1S/C25H21N3O4/c1-14(2)15-7-9-20-18(11-15)25(24(30)26-20)27-19-6-4-3-5-17(19)23(29)28(25)16-8-10-21-22(12-16)32-13-31-21/h3-12,14,27H,13H2,1-2H3,(H,26,30)/t25-/m0/s1. The summed E-state index contributed by atoms with van der Waals surface area (Å²) in [5.74, 6) is 0.835. The first-order chi connectivity index (χ1) is 15.5. The van der Waals surface area contributed by atoms with E-state index in [2.05, 4.69) is 24.5 Å². The van der Waals surface area contributed by atoms with Gasteiger partial charge in [-0.1, -0.05) is 32.0 Å². The fourth-order valence-corrected chi connectivity index (χ4v) is 4.65. The van der Waals surface area contributed by atoms with Crippen LogP contribution >= 0.6 is 0 Å². The Labute approximate surface area is 184 Å². The molecule has 6 rings (SSSR count). The quantitative estimate of drug-likeness (QED) is 0.633. The lowest BCUT2D eigenvalue weighted by molar-refractivity contribution is -0.119. The number of carbonyl (C=O) groups excluding carboxylic acids is 2. The number of hydrogen-bond donors (Lipinski definition) is 2. The Bertz CT molecular complexity index is 1300. The second kappa shape index (κ2) is 6.50.